The summed E-state index contributed by atoms with van der Waals surface area (Å²) < 4.78 is 0. The first-order valence-corrected chi connectivity index (χ1v) is 6.80. The van der Waals surface area contributed by atoms with Crippen molar-refractivity contribution >= 4 is 23.2 Å². The Hall–Kier alpha value is -1.36. The summed E-state index contributed by atoms with van der Waals surface area (Å²) >= 11 is 1.50. The zero-order valence-electron chi connectivity index (χ0n) is 11.2. The van der Waals surface area contributed by atoms with Crippen molar-refractivity contribution in [3.8, 4) is 0 Å². The first-order valence-electron chi connectivity index (χ1n) is 5.92. The van der Waals surface area contributed by atoms with Crippen LogP contribution in [0.1, 0.15) is 47.5 Å². The van der Waals surface area contributed by atoms with Crippen LogP contribution < -0.4 is 5.32 Å². The molecule has 1 rings (SSSR count). The highest BCUT2D eigenvalue weighted by molar-refractivity contribution is 7.10. The number of carboxylic acid groups (broad SMARTS) is 1. The number of carbonyl (C=O) groups excluding carboxylic acids is 1. The first kappa shape index (κ1) is 14.7. The fourth-order valence-electron chi connectivity index (χ4n) is 1.78. The maximum atomic E-state index is 12.1. The van der Waals surface area contributed by atoms with E-state index in [0.29, 0.717) is 18.4 Å². The van der Waals surface area contributed by atoms with Crippen molar-refractivity contribution in [3.63, 3.8) is 0 Å². The van der Waals surface area contributed by atoms with Gasteiger partial charge in [-0.05, 0) is 32.8 Å². The largest absolute Gasteiger partial charge is 0.480 e. The molecule has 18 heavy (non-hydrogen) atoms. The highest BCUT2D eigenvalue weighted by Crippen LogP contribution is 2.22. The molecule has 5 heteroatoms. The molecule has 0 spiro atoms. The lowest BCUT2D eigenvalue weighted by Gasteiger charge is -2.25. The molecule has 0 aromatic carbocycles. The minimum atomic E-state index is -1.20. The number of aryl methyl sites for hydroxylation is 1. The summed E-state index contributed by atoms with van der Waals surface area (Å²) in [6.45, 7) is 7.26. The Morgan fingerprint density at radius 3 is 2.44 bits per heavy atom. The van der Waals surface area contributed by atoms with E-state index in [0.717, 1.165) is 10.4 Å². The van der Waals surface area contributed by atoms with E-state index in [2.05, 4.69) is 5.32 Å². The van der Waals surface area contributed by atoms with Gasteiger partial charge in [-0.1, -0.05) is 13.3 Å². The van der Waals surface area contributed by atoms with Crippen molar-refractivity contribution in [3.05, 3.63) is 21.4 Å². The molecule has 1 heterocycles. The van der Waals surface area contributed by atoms with Crippen molar-refractivity contribution in [1.82, 2.24) is 5.32 Å². The molecule has 1 amide bonds. The lowest BCUT2D eigenvalue weighted by Crippen LogP contribution is -2.52. The van der Waals surface area contributed by atoms with Crippen LogP contribution in [0.2, 0.25) is 0 Å². The lowest BCUT2D eigenvalue weighted by molar-refractivity contribution is -0.144. The van der Waals surface area contributed by atoms with Crippen LogP contribution in [0.5, 0.6) is 0 Å². The topological polar surface area (TPSA) is 66.4 Å². The van der Waals surface area contributed by atoms with Gasteiger partial charge in [0.2, 0.25) is 0 Å². The summed E-state index contributed by atoms with van der Waals surface area (Å²) in [4.78, 5) is 24.4. The number of hydrogen-bond acceptors (Lipinski definition) is 3. The second-order valence-electron chi connectivity index (χ2n) is 4.67. The second kappa shape index (κ2) is 5.52. The van der Waals surface area contributed by atoms with Gasteiger partial charge in [-0.15, -0.1) is 11.3 Å². The fraction of sp³-hybridized carbons (Fsp3) is 0.538. The molecule has 0 aliphatic carbocycles. The quantitative estimate of drug-likeness (QED) is 0.863. The Morgan fingerprint density at radius 1 is 1.44 bits per heavy atom. The number of carboxylic acids is 1. The van der Waals surface area contributed by atoms with Crippen molar-refractivity contribution in [1.29, 1.82) is 0 Å². The van der Waals surface area contributed by atoms with Gasteiger partial charge < -0.3 is 10.4 Å². The average molecular weight is 269 g/mol. The number of carbonyl (C=O) groups is 2. The van der Waals surface area contributed by atoms with Crippen LogP contribution in [0.25, 0.3) is 0 Å². The number of nitrogens with one attached hydrogen (secondary N) is 1. The standard InChI is InChI=1S/C13H19NO3S/c1-5-6-13(4,12(16)17)14-11(15)10-7-18-9(3)8(10)2/h7H,5-6H2,1-4H3,(H,14,15)(H,16,17). The molecule has 4 nitrogen and oxygen atoms in total. The SMILES string of the molecule is CCCC(C)(NC(=O)c1csc(C)c1C)C(=O)O. The summed E-state index contributed by atoms with van der Waals surface area (Å²) in [7, 11) is 0. The molecule has 1 unspecified atom stereocenters. The normalized spacial score (nSPS) is 14.0. The minimum Gasteiger partial charge on any atom is -0.480 e. The Kier molecular flexibility index (Phi) is 4.51. The molecule has 0 aliphatic rings. The van der Waals surface area contributed by atoms with Gasteiger partial charge >= 0.3 is 5.97 Å². The van der Waals surface area contributed by atoms with Gasteiger partial charge in [-0.25, -0.2) is 4.79 Å². The molecular weight excluding hydrogens is 250 g/mol. The first-order chi connectivity index (χ1) is 8.31. The van der Waals surface area contributed by atoms with Gasteiger partial charge in [-0.3, -0.25) is 4.79 Å². The third-order valence-corrected chi connectivity index (χ3v) is 4.16. The third kappa shape index (κ3) is 2.90. The highest BCUT2D eigenvalue weighted by atomic mass is 32.1. The molecule has 0 bridgehead atoms. The van der Waals surface area contributed by atoms with Gasteiger partial charge in [0.25, 0.3) is 5.91 Å². The van der Waals surface area contributed by atoms with Gasteiger partial charge in [0.05, 0.1) is 5.56 Å². The van der Waals surface area contributed by atoms with Crippen molar-refractivity contribution in [2.45, 2.75) is 46.1 Å². The Balaban J connectivity index is 2.92. The fourth-order valence-corrected chi connectivity index (χ4v) is 2.64. The molecule has 1 aromatic rings. The van der Waals surface area contributed by atoms with E-state index in [1.54, 1.807) is 12.3 Å². The van der Waals surface area contributed by atoms with Crippen LogP contribution in [0.3, 0.4) is 0 Å². The highest BCUT2D eigenvalue weighted by Gasteiger charge is 2.34. The zero-order chi connectivity index (χ0) is 13.9. The molecular formula is C13H19NO3S. The van der Waals surface area contributed by atoms with Crippen molar-refractivity contribution in [2.24, 2.45) is 0 Å². The van der Waals surface area contributed by atoms with E-state index in [4.69, 9.17) is 0 Å². The van der Waals surface area contributed by atoms with E-state index in [1.165, 1.54) is 11.3 Å². The van der Waals surface area contributed by atoms with Crippen molar-refractivity contribution < 1.29 is 14.7 Å². The Morgan fingerprint density at radius 2 is 2.06 bits per heavy atom. The van der Waals surface area contributed by atoms with E-state index < -0.39 is 11.5 Å². The van der Waals surface area contributed by atoms with Gasteiger partial charge in [0.15, 0.2) is 0 Å². The molecule has 1 atom stereocenters. The zero-order valence-corrected chi connectivity index (χ0v) is 12.0. The van der Waals surface area contributed by atoms with Crippen LogP contribution in [0.4, 0.5) is 0 Å². The maximum absolute atomic E-state index is 12.1. The predicted molar refractivity (Wildman–Crippen MR) is 72.2 cm³/mol. The van der Waals surface area contributed by atoms with Gasteiger partial charge in [0.1, 0.15) is 5.54 Å². The average Bonchev–Trinajstić information content (AvgIpc) is 2.59. The van der Waals surface area contributed by atoms with Crippen LogP contribution in [0, 0.1) is 13.8 Å². The lowest BCUT2D eigenvalue weighted by atomic mass is 9.95. The Bertz CT molecular complexity index is 467. The third-order valence-electron chi connectivity index (χ3n) is 3.14. The van der Waals surface area contributed by atoms with Crippen LogP contribution in [-0.2, 0) is 4.79 Å². The Labute approximate surface area is 111 Å². The molecule has 0 aliphatic heterocycles. The van der Waals surface area contributed by atoms with E-state index in [1.807, 2.05) is 20.8 Å². The van der Waals surface area contributed by atoms with Gasteiger partial charge in [0, 0.05) is 10.3 Å². The maximum Gasteiger partial charge on any atom is 0.329 e. The molecule has 0 saturated heterocycles. The number of aliphatic carboxylic acids is 1. The number of rotatable bonds is 5. The van der Waals surface area contributed by atoms with Gasteiger partial charge in [-0.2, -0.15) is 0 Å². The smallest absolute Gasteiger partial charge is 0.329 e. The van der Waals surface area contributed by atoms with Crippen LogP contribution in [-0.4, -0.2) is 22.5 Å². The molecule has 2 N–H and O–H groups in total. The minimum absolute atomic E-state index is 0.310. The summed E-state index contributed by atoms with van der Waals surface area (Å²) in [5.41, 5.74) is 0.288. The molecule has 0 saturated carbocycles. The molecule has 0 radical (unpaired) electrons. The van der Waals surface area contributed by atoms with Crippen LogP contribution in [0.15, 0.2) is 5.38 Å². The molecule has 1 aromatic heterocycles. The summed E-state index contributed by atoms with van der Waals surface area (Å²) in [6, 6.07) is 0. The second-order valence-corrected chi connectivity index (χ2v) is 5.76. The molecule has 100 valence electrons. The van der Waals surface area contributed by atoms with Crippen LogP contribution >= 0.6 is 11.3 Å². The number of thiophene rings is 1. The molecule has 0 fully saturated rings. The monoisotopic (exact) mass is 269 g/mol. The summed E-state index contributed by atoms with van der Waals surface area (Å²) in [6.07, 6.45) is 1.11. The van der Waals surface area contributed by atoms with E-state index in [-0.39, 0.29) is 5.91 Å². The van der Waals surface area contributed by atoms with E-state index in [9.17, 15) is 14.7 Å². The van der Waals surface area contributed by atoms with E-state index >= 15 is 0 Å². The predicted octanol–water partition coefficient (Wildman–Crippen LogP) is 2.74. The summed E-state index contributed by atoms with van der Waals surface area (Å²) in [5, 5.41) is 13.6. The summed E-state index contributed by atoms with van der Waals surface area (Å²) in [5.74, 6) is -1.31. The van der Waals surface area contributed by atoms with Crippen molar-refractivity contribution in [2.75, 3.05) is 0 Å². The number of hydrogen-bond donors (Lipinski definition) is 2. The number of amides is 1.